The minimum absolute atomic E-state index is 0.0524. The van der Waals surface area contributed by atoms with Gasteiger partial charge in [-0.15, -0.1) is 5.10 Å². The van der Waals surface area contributed by atoms with E-state index in [-0.39, 0.29) is 11.8 Å². The number of aliphatic hydroxyl groups excluding tert-OH is 1. The molecule has 2 N–H and O–H groups in total. The molecule has 2 heterocycles. The second-order valence-corrected chi connectivity index (χ2v) is 6.66. The molecule has 8 nitrogen and oxygen atoms in total. The van der Waals surface area contributed by atoms with E-state index in [0.29, 0.717) is 6.04 Å². The number of likely N-dealkylation sites (tertiary alicyclic amines) is 1. The molecule has 8 heteroatoms. The van der Waals surface area contributed by atoms with Crippen LogP contribution in [0.3, 0.4) is 0 Å². The Balaban J connectivity index is 1.46. The second kappa shape index (κ2) is 7.35. The minimum atomic E-state index is -0.872. The molecule has 1 aromatic heterocycles. The van der Waals surface area contributed by atoms with Crippen LogP contribution in [0.15, 0.2) is 0 Å². The van der Waals surface area contributed by atoms with Crippen LogP contribution in [-0.4, -0.2) is 61.4 Å². The van der Waals surface area contributed by atoms with Crippen molar-refractivity contribution in [2.24, 2.45) is 5.92 Å². The first kappa shape index (κ1) is 16.3. The highest BCUT2D eigenvalue weighted by atomic mass is 16.3. The van der Waals surface area contributed by atoms with Crippen LogP contribution >= 0.6 is 0 Å². The molecule has 1 saturated heterocycles. The van der Waals surface area contributed by atoms with Crippen molar-refractivity contribution >= 4 is 5.91 Å². The van der Waals surface area contributed by atoms with E-state index >= 15 is 0 Å². The first-order chi connectivity index (χ1) is 11.2. The monoisotopic (exact) mass is 322 g/mol. The van der Waals surface area contributed by atoms with Crippen LogP contribution in [-0.2, 0) is 17.9 Å². The first-order valence-electron chi connectivity index (χ1n) is 8.63. The highest BCUT2D eigenvalue weighted by molar-refractivity contribution is 5.81. The third-order valence-corrected chi connectivity index (χ3v) is 4.68. The normalized spacial score (nSPS) is 21.3. The maximum atomic E-state index is 11.9. The average Bonchev–Trinajstić information content (AvgIpc) is 3.27. The maximum Gasteiger partial charge on any atom is 0.249 e. The summed E-state index contributed by atoms with van der Waals surface area (Å²) in [6.07, 6.45) is 3.88. The van der Waals surface area contributed by atoms with Gasteiger partial charge in [-0.25, -0.2) is 4.68 Å². The fraction of sp³-hybridized carbons (Fsp3) is 0.867. The molecule has 1 saturated carbocycles. The molecular formula is C15H26N6O2. The van der Waals surface area contributed by atoms with Gasteiger partial charge in [0.15, 0.2) is 5.82 Å². The third-order valence-electron chi connectivity index (χ3n) is 4.68. The van der Waals surface area contributed by atoms with Crippen molar-refractivity contribution in [2.45, 2.75) is 64.3 Å². The first-order valence-corrected chi connectivity index (χ1v) is 8.63. The summed E-state index contributed by atoms with van der Waals surface area (Å²) in [5.41, 5.74) is 0. The predicted molar refractivity (Wildman–Crippen MR) is 83.3 cm³/mol. The highest BCUT2D eigenvalue weighted by Gasteiger charge is 2.33. The van der Waals surface area contributed by atoms with Crippen LogP contribution in [0.5, 0.6) is 0 Å². The number of hydrogen-bond donors (Lipinski definition) is 2. The van der Waals surface area contributed by atoms with Crippen LogP contribution in [0, 0.1) is 5.92 Å². The van der Waals surface area contributed by atoms with Crippen molar-refractivity contribution in [1.82, 2.24) is 30.4 Å². The molecule has 1 atom stereocenters. The van der Waals surface area contributed by atoms with Crippen molar-refractivity contribution < 1.29 is 9.90 Å². The molecule has 1 aliphatic carbocycles. The molecule has 0 aromatic carbocycles. The van der Waals surface area contributed by atoms with E-state index in [0.717, 1.165) is 64.1 Å². The Labute approximate surface area is 136 Å². The lowest BCUT2D eigenvalue weighted by atomic mass is 9.90. The van der Waals surface area contributed by atoms with E-state index in [1.807, 2.05) is 4.68 Å². The summed E-state index contributed by atoms with van der Waals surface area (Å²) in [6.45, 7) is 5.38. The number of amides is 1. The number of nitrogens with zero attached hydrogens (tertiary/aromatic N) is 5. The van der Waals surface area contributed by atoms with Gasteiger partial charge in [-0.2, -0.15) is 0 Å². The van der Waals surface area contributed by atoms with Crippen LogP contribution in [0.1, 0.15) is 44.9 Å². The standard InChI is InChI=1S/C15H26N6O2/c1-2-7-21-13(17-18-19-21)10-20-8-5-11(6-9-20)14(22)15(23)16-12-3-4-12/h11-12,14,22H,2-10H2,1H3,(H,16,23)/t14-/m0/s1. The molecule has 0 radical (unpaired) electrons. The Hall–Kier alpha value is -1.54. The van der Waals surface area contributed by atoms with Crippen molar-refractivity contribution in [1.29, 1.82) is 0 Å². The summed E-state index contributed by atoms with van der Waals surface area (Å²) >= 11 is 0. The Kier molecular flexibility index (Phi) is 5.22. The van der Waals surface area contributed by atoms with Gasteiger partial charge >= 0.3 is 0 Å². The Morgan fingerprint density at radius 1 is 1.35 bits per heavy atom. The molecule has 0 spiro atoms. The molecule has 0 unspecified atom stereocenters. The molecule has 1 aliphatic heterocycles. The van der Waals surface area contributed by atoms with Gasteiger partial charge in [-0.3, -0.25) is 9.69 Å². The van der Waals surface area contributed by atoms with Crippen LogP contribution in [0.25, 0.3) is 0 Å². The number of hydrogen-bond acceptors (Lipinski definition) is 6. The van der Waals surface area contributed by atoms with E-state index in [4.69, 9.17) is 0 Å². The maximum absolute atomic E-state index is 11.9. The number of piperidine rings is 1. The average molecular weight is 322 g/mol. The fourth-order valence-electron chi connectivity index (χ4n) is 3.08. The largest absolute Gasteiger partial charge is 0.383 e. The molecule has 3 rings (SSSR count). The van der Waals surface area contributed by atoms with Gasteiger partial charge in [-0.05, 0) is 61.5 Å². The topological polar surface area (TPSA) is 96.2 Å². The molecular weight excluding hydrogens is 296 g/mol. The van der Waals surface area contributed by atoms with Gasteiger partial charge in [-0.1, -0.05) is 6.92 Å². The predicted octanol–water partition coefficient (Wildman–Crippen LogP) is -0.0654. The molecule has 2 fully saturated rings. The van der Waals surface area contributed by atoms with Gasteiger partial charge in [0, 0.05) is 12.6 Å². The summed E-state index contributed by atoms with van der Waals surface area (Å²) in [7, 11) is 0. The quantitative estimate of drug-likeness (QED) is 0.730. The van der Waals surface area contributed by atoms with E-state index in [1.165, 1.54) is 0 Å². The van der Waals surface area contributed by atoms with Crippen molar-refractivity contribution in [3.63, 3.8) is 0 Å². The summed E-state index contributed by atoms with van der Waals surface area (Å²) < 4.78 is 1.85. The van der Waals surface area contributed by atoms with E-state index in [2.05, 4.69) is 32.7 Å². The number of carbonyl (C=O) groups is 1. The lowest BCUT2D eigenvalue weighted by molar-refractivity contribution is -0.133. The lowest BCUT2D eigenvalue weighted by Gasteiger charge is -2.33. The number of rotatable bonds is 7. The number of nitrogens with one attached hydrogen (secondary N) is 1. The summed E-state index contributed by atoms with van der Waals surface area (Å²) in [6, 6.07) is 0.301. The third kappa shape index (κ3) is 4.26. The highest BCUT2D eigenvalue weighted by Crippen LogP contribution is 2.24. The molecule has 1 aromatic rings. The van der Waals surface area contributed by atoms with Gasteiger partial charge < -0.3 is 10.4 Å². The van der Waals surface area contributed by atoms with Gasteiger partial charge in [0.1, 0.15) is 6.10 Å². The number of aromatic nitrogens is 4. The molecule has 128 valence electrons. The van der Waals surface area contributed by atoms with Crippen molar-refractivity contribution in [3.05, 3.63) is 5.82 Å². The molecule has 0 bridgehead atoms. The second-order valence-electron chi connectivity index (χ2n) is 6.66. The molecule has 23 heavy (non-hydrogen) atoms. The zero-order valence-corrected chi connectivity index (χ0v) is 13.7. The van der Waals surface area contributed by atoms with Crippen LogP contribution in [0.4, 0.5) is 0 Å². The number of aliphatic hydroxyl groups is 1. The SMILES string of the molecule is CCCn1nnnc1CN1CCC([C@H](O)C(=O)NC2CC2)CC1. The summed E-state index contributed by atoms with van der Waals surface area (Å²) in [4.78, 5) is 14.2. The smallest absolute Gasteiger partial charge is 0.249 e. The number of aryl methyl sites for hydroxylation is 1. The Morgan fingerprint density at radius 3 is 2.74 bits per heavy atom. The zero-order valence-electron chi connectivity index (χ0n) is 13.7. The summed E-state index contributed by atoms with van der Waals surface area (Å²) in [5, 5.41) is 25.0. The Morgan fingerprint density at radius 2 is 2.09 bits per heavy atom. The van der Waals surface area contributed by atoms with Gasteiger partial charge in [0.2, 0.25) is 5.91 Å². The number of tetrazole rings is 1. The van der Waals surface area contributed by atoms with E-state index < -0.39 is 6.10 Å². The van der Waals surface area contributed by atoms with Gasteiger partial charge in [0.25, 0.3) is 0 Å². The minimum Gasteiger partial charge on any atom is -0.383 e. The zero-order chi connectivity index (χ0) is 16.2. The van der Waals surface area contributed by atoms with Crippen molar-refractivity contribution in [3.8, 4) is 0 Å². The molecule has 1 amide bonds. The van der Waals surface area contributed by atoms with Crippen molar-refractivity contribution in [2.75, 3.05) is 13.1 Å². The van der Waals surface area contributed by atoms with Crippen LogP contribution in [0.2, 0.25) is 0 Å². The summed E-state index contributed by atoms with van der Waals surface area (Å²) in [5.74, 6) is 0.742. The van der Waals surface area contributed by atoms with Crippen LogP contribution < -0.4 is 5.32 Å². The lowest BCUT2D eigenvalue weighted by Crippen LogP contribution is -2.45. The van der Waals surface area contributed by atoms with Gasteiger partial charge in [0.05, 0.1) is 6.54 Å². The number of carbonyl (C=O) groups excluding carboxylic acids is 1. The van der Waals surface area contributed by atoms with E-state index in [9.17, 15) is 9.90 Å². The Bertz CT molecular complexity index is 522. The molecule has 2 aliphatic rings. The fourth-order valence-corrected chi connectivity index (χ4v) is 3.08. The van der Waals surface area contributed by atoms with E-state index in [1.54, 1.807) is 0 Å².